The third-order valence-corrected chi connectivity index (χ3v) is 7.37. The number of para-hydroxylation sites is 1. The van der Waals surface area contributed by atoms with E-state index in [2.05, 4.69) is 17.3 Å². The number of hydrogen-bond acceptors (Lipinski definition) is 4. The lowest BCUT2D eigenvalue weighted by Crippen LogP contribution is -2.40. The molecule has 2 bridgehead atoms. The van der Waals surface area contributed by atoms with Crippen LogP contribution in [0.1, 0.15) is 18.4 Å². The highest BCUT2D eigenvalue weighted by atomic mass is 16.2. The van der Waals surface area contributed by atoms with E-state index in [1.807, 2.05) is 35.0 Å². The molecule has 152 valence electrons. The standard InChI is InChI=1S/C23H22N4O3/c24-19(28)7-8-26-11-12(13-3-1-2-4-18(13)26)10-25-27-22(29)20-14-5-6-15(17-9-16(14)17)21(20)23(27)30/h1-6,10-11,14-17,20-21H,7-9H2,(H2,24,28)/b25-10-/t14-,15-,16-,17+,20+,21+/m0/s1. The van der Waals surface area contributed by atoms with Crippen molar-refractivity contribution < 1.29 is 14.4 Å². The molecule has 30 heavy (non-hydrogen) atoms. The first-order chi connectivity index (χ1) is 14.5. The Hall–Kier alpha value is -3.22. The molecule has 2 N–H and O–H groups in total. The molecule has 2 saturated carbocycles. The quantitative estimate of drug-likeness (QED) is 0.470. The lowest BCUT2D eigenvalue weighted by atomic mass is 9.63. The SMILES string of the molecule is NC(=O)CCn1cc(/C=N\N2C(=O)[C@@H]3[C@H]4C=C[C@@H]([C@@H]5C[C@H]45)[C@H]3C2=O)c2ccccc21. The fourth-order valence-electron chi connectivity index (χ4n) is 5.97. The van der Waals surface area contributed by atoms with Crippen LogP contribution in [0, 0.1) is 35.5 Å². The lowest BCUT2D eigenvalue weighted by Gasteiger charge is -2.37. The number of fused-ring (bicyclic) bond motifs is 1. The maximum absolute atomic E-state index is 13.1. The summed E-state index contributed by atoms with van der Waals surface area (Å²) in [6.45, 7) is 0.465. The van der Waals surface area contributed by atoms with E-state index in [4.69, 9.17) is 5.73 Å². The molecule has 7 heteroatoms. The average molecular weight is 402 g/mol. The molecule has 0 radical (unpaired) electrons. The first-order valence-electron chi connectivity index (χ1n) is 10.5. The van der Waals surface area contributed by atoms with Crippen LogP contribution < -0.4 is 5.73 Å². The minimum absolute atomic E-state index is 0.164. The minimum Gasteiger partial charge on any atom is -0.370 e. The van der Waals surface area contributed by atoms with Gasteiger partial charge in [-0.15, -0.1) is 0 Å². The highest BCUT2D eigenvalue weighted by molar-refractivity contribution is 6.07. The molecule has 2 aromatic rings. The van der Waals surface area contributed by atoms with Crippen molar-refractivity contribution in [3.05, 3.63) is 48.2 Å². The third-order valence-electron chi connectivity index (χ3n) is 7.37. The predicted octanol–water partition coefficient (Wildman–Crippen LogP) is 1.90. The van der Waals surface area contributed by atoms with Crippen LogP contribution in [0.4, 0.5) is 0 Å². The molecule has 7 nitrogen and oxygen atoms in total. The molecule has 1 aromatic carbocycles. The van der Waals surface area contributed by atoms with E-state index < -0.39 is 0 Å². The molecular weight excluding hydrogens is 380 g/mol. The van der Waals surface area contributed by atoms with Gasteiger partial charge in [0.1, 0.15) is 0 Å². The molecule has 6 atom stereocenters. The monoisotopic (exact) mass is 402 g/mol. The van der Waals surface area contributed by atoms with Gasteiger partial charge in [-0.3, -0.25) is 14.4 Å². The second kappa shape index (κ2) is 6.14. The third kappa shape index (κ3) is 2.38. The second-order valence-corrected chi connectivity index (χ2v) is 8.90. The Morgan fingerprint density at radius 1 is 1.10 bits per heavy atom. The van der Waals surface area contributed by atoms with Crippen molar-refractivity contribution in [3.8, 4) is 0 Å². The van der Waals surface area contributed by atoms with Gasteiger partial charge in [0.05, 0.1) is 18.1 Å². The van der Waals surface area contributed by atoms with E-state index in [-0.39, 0.29) is 47.8 Å². The summed E-state index contributed by atoms with van der Waals surface area (Å²) in [5.74, 6) is 0.354. The number of nitrogens with two attached hydrogens (primary N) is 1. The van der Waals surface area contributed by atoms with Gasteiger partial charge in [-0.25, -0.2) is 0 Å². The maximum atomic E-state index is 13.1. The van der Waals surface area contributed by atoms with Gasteiger partial charge in [0.25, 0.3) is 11.8 Å². The van der Waals surface area contributed by atoms with E-state index in [1.54, 1.807) is 6.21 Å². The maximum Gasteiger partial charge on any atom is 0.254 e. The molecule has 3 amide bonds. The second-order valence-electron chi connectivity index (χ2n) is 8.90. The molecule has 3 fully saturated rings. The number of allylic oxidation sites excluding steroid dienone is 2. The number of hydrazone groups is 1. The van der Waals surface area contributed by atoms with Crippen LogP contribution in [-0.2, 0) is 20.9 Å². The molecule has 4 aliphatic carbocycles. The van der Waals surface area contributed by atoms with Crippen molar-refractivity contribution in [3.63, 3.8) is 0 Å². The fraction of sp³-hybridized carbons (Fsp3) is 0.391. The van der Waals surface area contributed by atoms with Gasteiger partial charge in [0.15, 0.2) is 0 Å². The summed E-state index contributed by atoms with van der Waals surface area (Å²) in [4.78, 5) is 37.3. The summed E-state index contributed by atoms with van der Waals surface area (Å²) in [6.07, 6.45) is 9.17. The average Bonchev–Trinajstić information content (AvgIpc) is 3.45. The van der Waals surface area contributed by atoms with Crippen molar-refractivity contribution >= 4 is 34.8 Å². The summed E-state index contributed by atoms with van der Waals surface area (Å²) in [7, 11) is 0. The van der Waals surface area contributed by atoms with Crippen LogP contribution in [0.5, 0.6) is 0 Å². The zero-order valence-corrected chi connectivity index (χ0v) is 16.3. The van der Waals surface area contributed by atoms with Gasteiger partial charge < -0.3 is 10.3 Å². The highest BCUT2D eigenvalue weighted by Crippen LogP contribution is 2.65. The number of imide groups is 1. The van der Waals surface area contributed by atoms with Gasteiger partial charge >= 0.3 is 0 Å². The summed E-state index contributed by atoms with van der Waals surface area (Å²) in [5, 5.41) is 6.40. The number of aryl methyl sites for hydroxylation is 1. The van der Waals surface area contributed by atoms with Crippen molar-refractivity contribution in [1.82, 2.24) is 9.58 Å². The molecule has 0 unspecified atom stereocenters. The number of rotatable bonds is 5. The number of carbonyl (C=O) groups is 3. The van der Waals surface area contributed by atoms with Gasteiger partial charge in [-0.1, -0.05) is 30.4 Å². The van der Waals surface area contributed by atoms with Crippen LogP contribution >= 0.6 is 0 Å². The number of primary amides is 1. The highest BCUT2D eigenvalue weighted by Gasteiger charge is 2.67. The molecule has 0 spiro atoms. The lowest BCUT2D eigenvalue weighted by molar-refractivity contribution is -0.140. The topological polar surface area (TPSA) is 97.8 Å². The zero-order valence-electron chi connectivity index (χ0n) is 16.3. The molecule has 1 saturated heterocycles. The van der Waals surface area contributed by atoms with Crippen molar-refractivity contribution in [2.75, 3.05) is 0 Å². The van der Waals surface area contributed by atoms with Crippen molar-refractivity contribution in [1.29, 1.82) is 0 Å². The minimum atomic E-state index is -0.361. The van der Waals surface area contributed by atoms with Crippen LogP contribution in [0.25, 0.3) is 10.9 Å². The van der Waals surface area contributed by atoms with Gasteiger partial charge in [0.2, 0.25) is 5.91 Å². The molecule has 2 heterocycles. The number of aromatic nitrogens is 1. The number of benzene rings is 1. The molecule has 5 aliphatic rings. The number of nitrogens with zero attached hydrogens (tertiary/aromatic N) is 3. The number of amides is 3. The summed E-state index contributed by atoms with van der Waals surface area (Å²) >= 11 is 0. The summed E-state index contributed by atoms with van der Waals surface area (Å²) in [6, 6.07) is 7.78. The summed E-state index contributed by atoms with van der Waals surface area (Å²) in [5.41, 5.74) is 7.05. The van der Waals surface area contributed by atoms with E-state index in [1.165, 1.54) is 0 Å². The molecular formula is C23H22N4O3. The first-order valence-corrected chi connectivity index (χ1v) is 10.5. The normalized spacial score (nSPS) is 33.5. The Labute approximate surface area is 173 Å². The Balaban J connectivity index is 1.31. The summed E-state index contributed by atoms with van der Waals surface area (Å²) < 4.78 is 1.95. The molecule has 7 rings (SSSR count). The van der Waals surface area contributed by atoms with Crippen LogP contribution in [0.2, 0.25) is 0 Å². The Bertz CT molecular complexity index is 1130. The largest absolute Gasteiger partial charge is 0.370 e. The van der Waals surface area contributed by atoms with Gasteiger partial charge in [-0.2, -0.15) is 10.1 Å². The Morgan fingerprint density at radius 2 is 1.77 bits per heavy atom. The van der Waals surface area contributed by atoms with Gasteiger partial charge in [0, 0.05) is 35.6 Å². The predicted molar refractivity (Wildman–Crippen MR) is 110 cm³/mol. The van der Waals surface area contributed by atoms with Crippen molar-refractivity contribution in [2.45, 2.75) is 19.4 Å². The van der Waals surface area contributed by atoms with Crippen molar-refractivity contribution in [2.24, 2.45) is 46.3 Å². The van der Waals surface area contributed by atoms with Crippen LogP contribution in [0.3, 0.4) is 0 Å². The number of hydrogen-bond donors (Lipinski definition) is 1. The smallest absolute Gasteiger partial charge is 0.254 e. The van der Waals surface area contributed by atoms with E-state index in [0.29, 0.717) is 18.4 Å². The number of carbonyl (C=O) groups excluding carboxylic acids is 3. The Morgan fingerprint density at radius 3 is 2.43 bits per heavy atom. The van der Waals surface area contributed by atoms with Crippen LogP contribution in [-0.4, -0.2) is 33.5 Å². The van der Waals surface area contributed by atoms with Crippen LogP contribution in [0.15, 0.2) is 47.7 Å². The van der Waals surface area contributed by atoms with E-state index in [9.17, 15) is 14.4 Å². The first kappa shape index (κ1) is 17.6. The van der Waals surface area contributed by atoms with E-state index >= 15 is 0 Å². The molecule has 1 aliphatic heterocycles. The fourth-order valence-corrected chi connectivity index (χ4v) is 5.97. The van der Waals surface area contributed by atoms with Gasteiger partial charge in [-0.05, 0) is 36.2 Å². The zero-order chi connectivity index (χ0) is 20.6. The molecule has 1 aromatic heterocycles. The Kier molecular flexibility index (Phi) is 3.61. The van der Waals surface area contributed by atoms with E-state index in [0.717, 1.165) is 27.9 Å².